The highest BCUT2D eigenvalue weighted by molar-refractivity contribution is 9.10. The fourth-order valence-corrected chi connectivity index (χ4v) is 4.19. The molecule has 0 spiro atoms. The highest BCUT2D eigenvalue weighted by atomic mass is 79.9. The van der Waals surface area contributed by atoms with Crippen LogP contribution in [-0.4, -0.2) is 16.8 Å². The lowest BCUT2D eigenvalue weighted by Crippen LogP contribution is -2.23. The summed E-state index contributed by atoms with van der Waals surface area (Å²) in [6.07, 6.45) is -2.17. The molecule has 1 aromatic carbocycles. The Hall–Kier alpha value is -1.12. The SMILES string of the molecule is Fc1cc(Br)cnc1C1CC(Sc2cccc(C(F)(F)F)c2)CCO1. The number of hydrogen-bond donors (Lipinski definition) is 0. The highest BCUT2D eigenvalue weighted by Gasteiger charge is 2.31. The molecular formula is C17H14BrF4NOS. The first-order chi connectivity index (χ1) is 11.8. The van der Waals surface area contributed by atoms with Crippen molar-refractivity contribution in [3.05, 3.63) is 58.1 Å². The van der Waals surface area contributed by atoms with Gasteiger partial charge in [0, 0.05) is 27.4 Å². The second kappa shape index (κ2) is 7.63. The molecule has 2 nitrogen and oxygen atoms in total. The summed E-state index contributed by atoms with van der Waals surface area (Å²) in [5, 5.41) is 0.0343. The Morgan fingerprint density at radius 1 is 1.24 bits per heavy atom. The number of halogens is 5. The van der Waals surface area contributed by atoms with Crippen molar-refractivity contribution in [3.63, 3.8) is 0 Å². The van der Waals surface area contributed by atoms with E-state index in [2.05, 4.69) is 20.9 Å². The molecule has 2 heterocycles. The lowest BCUT2D eigenvalue weighted by atomic mass is 10.1. The van der Waals surface area contributed by atoms with Gasteiger partial charge >= 0.3 is 6.18 Å². The quantitative estimate of drug-likeness (QED) is 0.550. The van der Waals surface area contributed by atoms with Crippen molar-refractivity contribution in [1.82, 2.24) is 4.98 Å². The number of nitrogens with zero attached hydrogens (tertiary/aromatic N) is 1. The van der Waals surface area contributed by atoms with Gasteiger partial charge in [-0.1, -0.05) is 6.07 Å². The molecule has 0 bridgehead atoms. The molecule has 1 saturated heterocycles. The second-order valence-electron chi connectivity index (χ2n) is 5.67. The van der Waals surface area contributed by atoms with Crippen LogP contribution >= 0.6 is 27.7 Å². The van der Waals surface area contributed by atoms with Gasteiger partial charge in [-0.15, -0.1) is 11.8 Å². The Morgan fingerprint density at radius 2 is 2.04 bits per heavy atom. The highest BCUT2D eigenvalue weighted by Crippen LogP contribution is 2.39. The van der Waals surface area contributed by atoms with E-state index in [4.69, 9.17) is 4.74 Å². The molecule has 0 amide bonds. The van der Waals surface area contributed by atoms with Crippen LogP contribution in [0, 0.1) is 5.82 Å². The maximum atomic E-state index is 14.1. The van der Waals surface area contributed by atoms with Crippen molar-refractivity contribution in [2.45, 2.75) is 35.3 Å². The topological polar surface area (TPSA) is 22.1 Å². The van der Waals surface area contributed by atoms with Gasteiger partial charge in [0.1, 0.15) is 17.6 Å². The Kier molecular flexibility index (Phi) is 5.70. The van der Waals surface area contributed by atoms with E-state index < -0.39 is 23.7 Å². The molecule has 0 N–H and O–H groups in total. The average Bonchev–Trinajstić information content (AvgIpc) is 2.54. The smallest absolute Gasteiger partial charge is 0.372 e. The van der Waals surface area contributed by atoms with Crippen LogP contribution in [-0.2, 0) is 10.9 Å². The van der Waals surface area contributed by atoms with Crippen LogP contribution in [0.25, 0.3) is 0 Å². The molecule has 2 aromatic rings. The molecule has 0 saturated carbocycles. The summed E-state index contributed by atoms with van der Waals surface area (Å²) in [6, 6.07) is 6.58. The van der Waals surface area contributed by atoms with Crippen LogP contribution in [0.15, 0.2) is 45.9 Å². The fraction of sp³-hybridized carbons (Fsp3) is 0.353. The van der Waals surface area contributed by atoms with Crippen molar-refractivity contribution in [1.29, 1.82) is 0 Å². The third-order valence-electron chi connectivity index (χ3n) is 3.84. The zero-order valence-corrected chi connectivity index (χ0v) is 15.3. The van der Waals surface area contributed by atoms with Crippen LogP contribution in [0.1, 0.15) is 30.2 Å². The van der Waals surface area contributed by atoms with Crippen LogP contribution < -0.4 is 0 Å². The fourth-order valence-electron chi connectivity index (χ4n) is 2.66. The first-order valence-electron chi connectivity index (χ1n) is 7.59. The maximum Gasteiger partial charge on any atom is 0.416 e. The first-order valence-corrected chi connectivity index (χ1v) is 9.26. The van der Waals surface area contributed by atoms with Crippen LogP contribution in [0.2, 0.25) is 0 Å². The normalized spacial score (nSPS) is 21.3. The second-order valence-corrected chi connectivity index (χ2v) is 7.96. The Labute approximate surface area is 155 Å². The first kappa shape index (κ1) is 18.7. The van der Waals surface area contributed by atoms with E-state index in [0.29, 0.717) is 28.8 Å². The molecule has 2 atom stereocenters. The van der Waals surface area contributed by atoms with E-state index in [1.54, 1.807) is 6.07 Å². The molecule has 8 heteroatoms. The summed E-state index contributed by atoms with van der Waals surface area (Å²) in [5.74, 6) is -0.455. The summed E-state index contributed by atoms with van der Waals surface area (Å²) < 4.78 is 58.7. The van der Waals surface area contributed by atoms with E-state index >= 15 is 0 Å². The van der Waals surface area contributed by atoms with Gasteiger partial charge in [0.05, 0.1) is 5.56 Å². The Morgan fingerprint density at radius 3 is 2.76 bits per heavy atom. The van der Waals surface area contributed by atoms with Crippen LogP contribution in [0.3, 0.4) is 0 Å². The van der Waals surface area contributed by atoms with E-state index in [1.165, 1.54) is 30.1 Å². The summed E-state index contributed by atoms with van der Waals surface area (Å²) >= 11 is 4.52. The van der Waals surface area contributed by atoms with Crippen molar-refractivity contribution in [2.24, 2.45) is 0 Å². The summed E-state index contributed by atoms with van der Waals surface area (Å²) in [7, 11) is 0. The van der Waals surface area contributed by atoms with Gasteiger partial charge in [0.2, 0.25) is 0 Å². The molecule has 25 heavy (non-hydrogen) atoms. The standard InChI is InChI=1S/C17H14BrF4NOS/c18-11-7-14(19)16(23-9-11)15-8-13(4-5-24-15)25-12-3-1-2-10(6-12)17(20,21)22/h1-3,6-7,9,13,15H,4-5,8H2. The molecule has 3 rings (SSSR count). The van der Waals surface area contributed by atoms with Gasteiger partial charge in [-0.2, -0.15) is 13.2 Å². The lowest BCUT2D eigenvalue weighted by Gasteiger charge is -2.29. The Bertz CT molecular complexity index is 756. The number of alkyl halides is 3. The predicted molar refractivity (Wildman–Crippen MR) is 90.9 cm³/mol. The minimum absolute atomic E-state index is 0.0343. The van der Waals surface area contributed by atoms with E-state index in [9.17, 15) is 17.6 Å². The minimum Gasteiger partial charge on any atom is -0.372 e. The third-order valence-corrected chi connectivity index (χ3v) is 5.56. The number of hydrogen-bond acceptors (Lipinski definition) is 3. The zero-order chi connectivity index (χ0) is 18.0. The number of ether oxygens (including phenoxy) is 1. The monoisotopic (exact) mass is 435 g/mol. The molecule has 1 aromatic heterocycles. The number of aromatic nitrogens is 1. The van der Waals surface area contributed by atoms with Crippen LogP contribution in [0.5, 0.6) is 0 Å². The average molecular weight is 436 g/mol. The number of rotatable bonds is 3. The maximum absolute atomic E-state index is 14.1. The molecule has 1 aliphatic rings. The van der Waals surface area contributed by atoms with Gasteiger partial charge in [-0.3, -0.25) is 4.98 Å². The summed E-state index contributed by atoms with van der Waals surface area (Å²) in [6.45, 7) is 0.415. The molecule has 1 fully saturated rings. The molecule has 134 valence electrons. The molecule has 2 unspecified atom stereocenters. The summed E-state index contributed by atoms with van der Waals surface area (Å²) in [5.41, 5.74) is -0.431. The summed E-state index contributed by atoms with van der Waals surface area (Å²) in [4.78, 5) is 4.63. The van der Waals surface area contributed by atoms with Gasteiger partial charge in [0.15, 0.2) is 0 Å². The van der Waals surface area contributed by atoms with Crippen molar-refractivity contribution >= 4 is 27.7 Å². The number of thioether (sulfide) groups is 1. The van der Waals surface area contributed by atoms with Crippen molar-refractivity contribution in [3.8, 4) is 0 Å². The molecule has 1 aliphatic heterocycles. The van der Waals surface area contributed by atoms with E-state index in [-0.39, 0.29) is 10.9 Å². The van der Waals surface area contributed by atoms with Gasteiger partial charge < -0.3 is 4.74 Å². The predicted octanol–water partition coefficient (Wildman–Crippen LogP) is 6.01. The van der Waals surface area contributed by atoms with Gasteiger partial charge in [-0.05, 0) is 53.0 Å². The molecule has 0 aliphatic carbocycles. The number of benzene rings is 1. The van der Waals surface area contributed by atoms with Crippen molar-refractivity contribution in [2.75, 3.05) is 6.61 Å². The minimum atomic E-state index is -4.36. The van der Waals surface area contributed by atoms with E-state index in [1.807, 2.05) is 0 Å². The zero-order valence-electron chi connectivity index (χ0n) is 12.9. The van der Waals surface area contributed by atoms with Crippen LogP contribution in [0.4, 0.5) is 17.6 Å². The lowest BCUT2D eigenvalue weighted by molar-refractivity contribution is -0.137. The number of pyridine rings is 1. The Balaban J connectivity index is 1.72. The largest absolute Gasteiger partial charge is 0.416 e. The molecule has 0 radical (unpaired) electrons. The van der Waals surface area contributed by atoms with Crippen molar-refractivity contribution < 1.29 is 22.3 Å². The molecular weight excluding hydrogens is 422 g/mol. The van der Waals surface area contributed by atoms with E-state index in [0.717, 1.165) is 12.1 Å². The van der Waals surface area contributed by atoms with Gasteiger partial charge in [0.25, 0.3) is 0 Å². The third kappa shape index (κ3) is 4.74. The van der Waals surface area contributed by atoms with Gasteiger partial charge in [-0.25, -0.2) is 4.39 Å².